The Morgan fingerprint density at radius 3 is 2.45 bits per heavy atom. The van der Waals surface area contributed by atoms with Gasteiger partial charge in [-0.2, -0.15) is 0 Å². The maximum Gasteiger partial charge on any atom is 0.253 e. The molecule has 108 valence electrons. The van der Waals surface area contributed by atoms with E-state index in [0.29, 0.717) is 10.6 Å². The molecule has 0 spiro atoms. The van der Waals surface area contributed by atoms with Crippen molar-refractivity contribution in [2.45, 2.75) is 12.2 Å². The number of rotatable bonds is 3. The lowest BCUT2D eigenvalue weighted by Gasteiger charge is -2.15. The molecule has 0 aromatic heterocycles. The molecule has 1 aliphatic heterocycles. The molecule has 1 heterocycles. The Morgan fingerprint density at radius 1 is 1.25 bits per heavy atom. The number of benzene rings is 1. The highest BCUT2D eigenvalue weighted by Crippen LogP contribution is 2.14. The van der Waals surface area contributed by atoms with Crippen molar-refractivity contribution >= 4 is 23.4 Å². The molecule has 1 aromatic carbocycles. The normalized spacial score (nSPS) is 21.9. The van der Waals surface area contributed by atoms with Gasteiger partial charge in [0.25, 0.3) is 5.91 Å². The molecule has 1 aliphatic rings. The molecule has 7 heteroatoms. The number of amides is 2. The highest BCUT2D eigenvalue weighted by molar-refractivity contribution is 6.33. The van der Waals surface area contributed by atoms with Gasteiger partial charge in [-0.1, -0.05) is 23.7 Å². The van der Waals surface area contributed by atoms with Crippen LogP contribution in [0.5, 0.6) is 0 Å². The number of nitrogens with one attached hydrogen (secondary N) is 1. The second-order valence-corrected chi connectivity index (χ2v) is 5.00. The molecule has 0 aliphatic carbocycles. The van der Waals surface area contributed by atoms with E-state index in [1.165, 1.54) is 4.90 Å². The molecule has 6 nitrogen and oxygen atoms in total. The Balaban J connectivity index is 1.88. The van der Waals surface area contributed by atoms with Crippen LogP contribution < -0.4 is 5.32 Å². The summed E-state index contributed by atoms with van der Waals surface area (Å²) in [6.07, 6.45) is -1.86. The smallest absolute Gasteiger partial charge is 0.253 e. The topological polar surface area (TPSA) is 89.9 Å². The first-order valence-electron chi connectivity index (χ1n) is 6.15. The summed E-state index contributed by atoms with van der Waals surface area (Å²) in [4.78, 5) is 25.0. The SMILES string of the molecule is O=C(NCC(=O)N1C[C@@H](O)[C@@H](O)C1)c1ccccc1Cl. The van der Waals surface area contributed by atoms with Crippen molar-refractivity contribution in [2.24, 2.45) is 0 Å². The van der Waals surface area contributed by atoms with E-state index in [2.05, 4.69) is 5.32 Å². The van der Waals surface area contributed by atoms with Crippen molar-refractivity contribution in [1.29, 1.82) is 0 Å². The lowest BCUT2D eigenvalue weighted by atomic mass is 10.2. The van der Waals surface area contributed by atoms with Crippen LogP contribution in [0.4, 0.5) is 0 Å². The van der Waals surface area contributed by atoms with Crippen molar-refractivity contribution in [1.82, 2.24) is 10.2 Å². The largest absolute Gasteiger partial charge is 0.388 e. The zero-order valence-corrected chi connectivity index (χ0v) is 11.4. The Morgan fingerprint density at radius 2 is 1.85 bits per heavy atom. The van der Waals surface area contributed by atoms with Crippen LogP contribution in [0, 0.1) is 0 Å². The summed E-state index contributed by atoms with van der Waals surface area (Å²) >= 11 is 5.88. The molecule has 1 aromatic rings. The summed E-state index contributed by atoms with van der Waals surface area (Å²) in [5.74, 6) is -0.801. The van der Waals surface area contributed by atoms with E-state index in [-0.39, 0.29) is 25.5 Å². The number of halogens is 1. The minimum absolute atomic E-state index is 0.0714. The third kappa shape index (κ3) is 3.27. The first-order chi connectivity index (χ1) is 9.49. The van der Waals surface area contributed by atoms with E-state index in [9.17, 15) is 19.8 Å². The summed E-state index contributed by atoms with van der Waals surface area (Å²) in [5.41, 5.74) is 0.295. The van der Waals surface area contributed by atoms with E-state index < -0.39 is 18.1 Å². The summed E-state index contributed by atoms with van der Waals surface area (Å²) in [7, 11) is 0. The number of hydrogen-bond donors (Lipinski definition) is 3. The number of carbonyl (C=O) groups is 2. The van der Waals surface area contributed by atoms with Crippen LogP contribution in [0.3, 0.4) is 0 Å². The fourth-order valence-electron chi connectivity index (χ4n) is 1.98. The van der Waals surface area contributed by atoms with Crippen molar-refractivity contribution in [3.63, 3.8) is 0 Å². The van der Waals surface area contributed by atoms with E-state index in [1.807, 2.05) is 0 Å². The van der Waals surface area contributed by atoms with Gasteiger partial charge < -0.3 is 20.4 Å². The van der Waals surface area contributed by atoms with Crippen LogP contribution in [0.25, 0.3) is 0 Å². The average molecular weight is 299 g/mol. The van der Waals surface area contributed by atoms with Gasteiger partial charge in [0.2, 0.25) is 5.91 Å². The van der Waals surface area contributed by atoms with Gasteiger partial charge in [0.1, 0.15) is 0 Å². The van der Waals surface area contributed by atoms with Gasteiger partial charge >= 0.3 is 0 Å². The molecule has 0 bridgehead atoms. The van der Waals surface area contributed by atoms with Gasteiger partial charge in [0, 0.05) is 13.1 Å². The third-order valence-electron chi connectivity index (χ3n) is 3.13. The lowest BCUT2D eigenvalue weighted by Crippen LogP contribution is -2.39. The molecule has 1 saturated heterocycles. The molecule has 0 unspecified atom stereocenters. The molecular formula is C13H15ClN2O4. The minimum atomic E-state index is -0.932. The average Bonchev–Trinajstić information content (AvgIpc) is 2.76. The van der Waals surface area contributed by atoms with Gasteiger partial charge in [-0.15, -0.1) is 0 Å². The molecular weight excluding hydrogens is 284 g/mol. The maximum absolute atomic E-state index is 11.8. The van der Waals surface area contributed by atoms with E-state index in [0.717, 1.165) is 0 Å². The van der Waals surface area contributed by atoms with Gasteiger partial charge in [0.05, 0.1) is 29.3 Å². The van der Waals surface area contributed by atoms with Gasteiger partial charge in [-0.25, -0.2) is 0 Å². The second kappa shape index (κ2) is 6.21. The first kappa shape index (κ1) is 14.8. The van der Waals surface area contributed by atoms with E-state index in [4.69, 9.17) is 11.6 Å². The first-order valence-corrected chi connectivity index (χ1v) is 6.53. The van der Waals surface area contributed by atoms with Crippen LogP contribution in [0.2, 0.25) is 5.02 Å². The quantitative estimate of drug-likeness (QED) is 0.710. The summed E-state index contributed by atoms with van der Waals surface area (Å²) < 4.78 is 0. The number of carbonyl (C=O) groups excluding carboxylic acids is 2. The Labute approximate surface area is 121 Å². The molecule has 1 fully saturated rings. The van der Waals surface area contributed by atoms with Crippen molar-refractivity contribution in [3.8, 4) is 0 Å². The number of aliphatic hydroxyl groups excluding tert-OH is 2. The highest BCUT2D eigenvalue weighted by atomic mass is 35.5. The number of likely N-dealkylation sites (tertiary alicyclic amines) is 1. The van der Waals surface area contributed by atoms with Crippen molar-refractivity contribution < 1.29 is 19.8 Å². The van der Waals surface area contributed by atoms with E-state index >= 15 is 0 Å². The summed E-state index contributed by atoms with van der Waals surface area (Å²) in [6, 6.07) is 6.53. The Hall–Kier alpha value is -1.63. The number of β-amino-alcohol motifs (C(OH)–C–C–N with tert-alkyl or cyclic N) is 2. The van der Waals surface area contributed by atoms with Crippen molar-refractivity contribution in [2.75, 3.05) is 19.6 Å². The lowest BCUT2D eigenvalue weighted by molar-refractivity contribution is -0.129. The van der Waals surface area contributed by atoms with E-state index in [1.54, 1.807) is 24.3 Å². The minimum Gasteiger partial charge on any atom is -0.388 e. The standard InChI is InChI=1S/C13H15ClN2O4/c14-9-4-2-1-3-8(9)13(20)15-5-12(19)16-6-10(17)11(18)7-16/h1-4,10-11,17-18H,5-7H2,(H,15,20)/t10-,11+. The van der Waals surface area contributed by atoms with Gasteiger partial charge in [-0.3, -0.25) is 9.59 Å². The predicted molar refractivity (Wildman–Crippen MR) is 72.4 cm³/mol. The Bertz CT molecular complexity index is 513. The monoisotopic (exact) mass is 298 g/mol. The summed E-state index contributed by atoms with van der Waals surface area (Å²) in [5, 5.41) is 21.5. The van der Waals surface area contributed by atoms with Crippen LogP contribution in [-0.4, -0.2) is 58.8 Å². The molecule has 2 atom stereocenters. The third-order valence-corrected chi connectivity index (χ3v) is 3.46. The van der Waals surface area contributed by atoms with Gasteiger partial charge in [0.15, 0.2) is 0 Å². The van der Waals surface area contributed by atoms with Crippen molar-refractivity contribution in [3.05, 3.63) is 34.9 Å². The fourth-order valence-corrected chi connectivity index (χ4v) is 2.20. The zero-order valence-electron chi connectivity index (χ0n) is 10.6. The number of nitrogens with zero attached hydrogens (tertiary/aromatic N) is 1. The molecule has 0 saturated carbocycles. The number of hydrogen-bond acceptors (Lipinski definition) is 4. The predicted octanol–water partition coefficient (Wildman–Crippen LogP) is -0.366. The van der Waals surface area contributed by atoms with Crippen LogP contribution in [0.15, 0.2) is 24.3 Å². The molecule has 0 radical (unpaired) electrons. The van der Waals surface area contributed by atoms with Gasteiger partial charge in [-0.05, 0) is 12.1 Å². The van der Waals surface area contributed by atoms with Crippen LogP contribution in [0.1, 0.15) is 10.4 Å². The molecule has 2 amide bonds. The number of aliphatic hydroxyl groups is 2. The molecule has 3 N–H and O–H groups in total. The second-order valence-electron chi connectivity index (χ2n) is 4.60. The molecule has 2 rings (SSSR count). The van der Waals surface area contributed by atoms with Crippen LogP contribution in [-0.2, 0) is 4.79 Å². The maximum atomic E-state index is 11.8. The fraction of sp³-hybridized carbons (Fsp3) is 0.385. The zero-order chi connectivity index (χ0) is 14.7. The molecule has 20 heavy (non-hydrogen) atoms. The highest BCUT2D eigenvalue weighted by Gasteiger charge is 2.32. The summed E-state index contributed by atoms with van der Waals surface area (Å²) in [6.45, 7) is -0.0621. The Kier molecular flexibility index (Phi) is 4.59. The van der Waals surface area contributed by atoms with Crippen LogP contribution >= 0.6 is 11.6 Å².